The summed E-state index contributed by atoms with van der Waals surface area (Å²) in [6.07, 6.45) is 1.08. The molecule has 1 aliphatic heterocycles. The van der Waals surface area contributed by atoms with E-state index in [-0.39, 0.29) is 0 Å². The van der Waals surface area contributed by atoms with Gasteiger partial charge in [-0.15, -0.1) is 0 Å². The zero-order chi connectivity index (χ0) is 11.4. The minimum Gasteiger partial charge on any atom is -0.314 e. The van der Waals surface area contributed by atoms with Crippen LogP contribution in [0.1, 0.15) is 17.0 Å². The van der Waals surface area contributed by atoms with E-state index >= 15 is 0 Å². The van der Waals surface area contributed by atoms with Crippen molar-refractivity contribution in [2.24, 2.45) is 0 Å². The topological polar surface area (TPSA) is 28.2 Å². The molecule has 0 spiro atoms. The van der Waals surface area contributed by atoms with Crippen molar-refractivity contribution < 1.29 is 0 Å². The van der Waals surface area contributed by atoms with Gasteiger partial charge in [-0.3, -0.25) is 4.98 Å². The van der Waals surface area contributed by atoms with Crippen LogP contribution in [-0.4, -0.2) is 42.6 Å². The van der Waals surface area contributed by atoms with Crippen LogP contribution in [-0.2, 0) is 6.42 Å². The van der Waals surface area contributed by atoms with E-state index in [1.807, 2.05) is 0 Å². The third-order valence-electron chi connectivity index (χ3n) is 3.22. The molecule has 2 heterocycles. The Morgan fingerprint density at radius 3 is 2.75 bits per heavy atom. The number of piperazine rings is 1. The first kappa shape index (κ1) is 11.6. The highest BCUT2D eigenvalue weighted by Gasteiger charge is 2.10. The molecule has 88 valence electrons. The number of pyridine rings is 1. The zero-order valence-electron chi connectivity index (χ0n) is 10.3. The van der Waals surface area contributed by atoms with Crippen molar-refractivity contribution in [3.05, 3.63) is 29.1 Å². The van der Waals surface area contributed by atoms with Gasteiger partial charge in [-0.25, -0.2) is 0 Å². The SMILES string of the molecule is Cc1ccc(C)c(CCN2CCNCC2)n1. The molecule has 0 bridgehead atoms. The van der Waals surface area contributed by atoms with E-state index in [4.69, 9.17) is 0 Å². The van der Waals surface area contributed by atoms with E-state index in [0.717, 1.165) is 31.7 Å². The van der Waals surface area contributed by atoms with E-state index in [1.54, 1.807) is 0 Å². The van der Waals surface area contributed by atoms with Crippen LogP contribution in [0.5, 0.6) is 0 Å². The molecule has 1 aromatic heterocycles. The quantitative estimate of drug-likeness (QED) is 0.826. The van der Waals surface area contributed by atoms with E-state index < -0.39 is 0 Å². The number of rotatable bonds is 3. The summed E-state index contributed by atoms with van der Waals surface area (Å²) in [5.74, 6) is 0. The molecule has 1 aliphatic rings. The average Bonchev–Trinajstić information content (AvgIpc) is 2.32. The maximum absolute atomic E-state index is 4.61. The van der Waals surface area contributed by atoms with Gasteiger partial charge in [-0.05, 0) is 25.5 Å². The Kier molecular flexibility index (Phi) is 3.91. The molecule has 1 N–H and O–H groups in total. The molecule has 1 saturated heterocycles. The van der Waals surface area contributed by atoms with Gasteiger partial charge in [0, 0.05) is 50.5 Å². The van der Waals surface area contributed by atoms with Gasteiger partial charge in [0.15, 0.2) is 0 Å². The highest BCUT2D eigenvalue weighted by molar-refractivity contribution is 5.21. The molecule has 2 rings (SSSR count). The Balaban J connectivity index is 1.90. The summed E-state index contributed by atoms with van der Waals surface area (Å²) in [5, 5.41) is 3.38. The summed E-state index contributed by atoms with van der Waals surface area (Å²) in [5.41, 5.74) is 3.71. The van der Waals surface area contributed by atoms with Crippen molar-refractivity contribution >= 4 is 0 Å². The molecule has 3 heteroatoms. The van der Waals surface area contributed by atoms with Crippen LogP contribution in [0.15, 0.2) is 12.1 Å². The van der Waals surface area contributed by atoms with Crippen LogP contribution >= 0.6 is 0 Å². The maximum Gasteiger partial charge on any atom is 0.0448 e. The van der Waals surface area contributed by atoms with Crippen LogP contribution in [0, 0.1) is 13.8 Å². The summed E-state index contributed by atoms with van der Waals surface area (Å²) in [6.45, 7) is 9.95. The van der Waals surface area contributed by atoms with Crippen LogP contribution in [0.25, 0.3) is 0 Å². The molecular weight excluding hydrogens is 198 g/mol. The van der Waals surface area contributed by atoms with Gasteiger partial charge in [0.25, 0.3) is 0 Å². The minimum atomic E-state index is 1.08. The lowest BCUT2D eigenvalue weighted by atomic mass is 10.1. The molecule has 0 unspecified atom stereocenters. The fourth-order valence-electron chi connectivity index (χ4n) is 2.13. The summed E-state index contributed by atoms with van der Waals surface area (Å²) in [7, 11) is 0. The number of nitrogens with one attached hydrogen (secondary N) is 1. The molecule has 1 aromatic rings. The average molecular weight is 219 g/mol. The predicted octanol–water partition coefficient (Wildman–Crippen LogP) is 1.15. The fraction of sp³-hybridized carbons (Fsp3) is 0.615. The van der Waals surface area contributed by atoms with Crippen molar-refractivity contribution in [3.63, 3.8) is 0 Å². The first-order valence-electron chi connectivity index (χ1n) is 6.12. The van der Waals surface area contributed by atoms with Crippen molar-refractivity contribution in [2.45, 2.75) is 20.3 Å². The monoisotopic (exact) mass is 219 g/mol. The second kappa shape index (κ2) is 5.41. The Bertz CT molecular complexity index is 343. The molecule has 3 nitrogen and oxygen atoms in total. The number of aryl methyl sites for hydroxylation is 2. The fourth-order valence-corrected chi connectivity index (χ4v) is 2.13. The number of hydrogen-bond acceptors (Lipinski definition) is 3. The second-order valence-corrected chi connectivity index (χ2v) is 4.56. The van der Waals surface area contributed by atoms with Gasteiger partial charge >= 0.3 is 0 Å². The van der Waals surface area contributed by atoms with Crippen LogP contribution in [0.3, 0.4) is 0 Å². The largest absolute Gasteiger partial charge is 0.314 e. The van der Waals surface area contributed by atoms with Crippen molar-refractivity contribution in [1.29, 1.82) is 0 Å². The molecule has 16 heavy (non-hydrogen) atoms. The normalized spacial score (nSPS) is 17.6. The smallest absolute Gasteiger partial charge is 0.0448 e. The standard InChI is InChI=1S/C13H21N3/c1-11-3-4-12(2)15-13(11)5-8-16-9-6-14-7-10-16/h3-4,14H,5-10H2,1-2H3. The first-order valence-corrected chi connectivity index (χ1v) is 6.12. The highest BCUT2D eigenvalue weighted by atomic mass is 15.2. The van der Waals surface area contributed by atoms with E-state index in [9.17, 15) is 0 Å². The molecule has 1 fully saturated rings. The molecule has 0 aliphatic carbocycles. The predicted molar refractivity (Wildman–Crippen MR) is 66.7 cm³/mol. The van der Waals surface area contributed by atoms with Gasteiger partial charge in [-0.2, -0.15) is 0 Å². The highest BCUT2D eigenvalue weighted by Crippen LogP contribution is 2.07. The molecule has 0 saturated carbocycles. The number of aromatic nitrogens is 1. The van der Waals surface area contributed by atoms with Gasteiger partial charge in [-0.1, -0.05) is 6.07 Å². The van der Waals surface area contributed by atoms with Crippen molar-refractivity contribution in [3.8, 4) is 0 Å². The summed E-state index contributed by atoms with van der Waals surface area (Å²) < 4.78 is 0. The molecule has 0 amide bonds. The van der Waals surface area contributed by atoms with E-state index in [2.05, 4.69) is 41.2 Å². The lowest BCUT2D eigenvalue weighted by Crippen LogP contribution is -2.44. The summed E-state index contributed by atoms with van der Waals surface area (Å²) >= 11 is 0. The Labute approximate surface area is 97.9 Å². The van der Waals surface area contributed by atoms with Crippen molar-refractivity contribution in [2.75, 3.05) is 32.7 Å². The molecule has 0 aromatic carbocycles. The number of nitrogens with zero attached hydrogens (tertiary/aromatic N) is 2. The third kappa shape index (κ3) is 3.03. The van der Waals surface area contributed by atoms with Crippen LogP contribution < -0.4 is 5.32 Å². The zero-order valence-corrected chi connectivity index (χ0v) is 10.3. The van der Waals surface area contributed by atoms with Crippen LogP contribution in [0.4, 0.5) is 0 Å². The lowest BCUT2D eigenvalue weighted by Gasteiger charge is -2.27. The minimum absolute atomic E-state index is 1.08. The van der Waals surface area contributed by atoms with E-state index in [1.165, 1.54) is 24.3 Å². The Morgan fingerprint density at radius 2 is 2.00 bits per heavy atom. The third-order valence-corrected chi connectivity index (χ3v) is 3.22. The Hall–Kier alpha value is -0.930. The lowest BCUT2D eigenvalue weighted by molar-refractivity contribution is 0.243. The van der Waals surface area contributed by atoms with Crippen molar-refractivity contribution in [1.82, 2.24) is 15.2 Å². The first-order chi connectivity index (χ1) is 7.75. The maximum atomic E-state index is 4.61. The second-order valence-electron chi connectivity index (χ2n) is 4.56. The van der Waals surface area contributed by atoms with Crippen LogP contribution in [0.2, 0.25) is 0 Å². The molecule has 0 atom stereocenters. The molecule has 0 radical (unpaired) electrons. The van der Waals surface area contributed by atoms with E-state index in [0.29, 0.717) is 0 Å². The van der Waals surface area contributed by atoms with Gasteiger partial charge < -0.3 is 10.2 Å². The van der Waals surface area contributed by atoms with Gasteiger partial charge in [0.2, 0.25) is 0 Å². The summed E-state index contributed by atoms with van der Waals surface area (Å²) in [6, 6.07) is 4.26. The van der Waals surface area contributed by atoms with Gasteiger partial charge in [0.1, 0.15) is 0 Å². The summed E-state index contributed by atoms with van der Waals surface area (Å²) in [4.78, 5) is 7.13. The molecular formula is C13H21N3. The van der Waals surface area contributed by atoms with Gasteiger partial charge in [0.05, 0.1) is 0 Å². The Morgan fingerprint density at radius 1 is 1.25 bits per heavy atom. The number of hydrogen-bond donors (Lipinski definition) is 1.